The maximum absolute atomic E-state index is 5.87. The molecule has 1 aliphatic rings. The highest BCUT2D eigenvalue weighted by atomic mass is 79.9. The predicted molar refractivity (Wildman–Crippen MR) is 82.3 cm³/mol. The SMILES string of the molecule is NC(=S)[N+](=C1CCCCCN1)c1ccc(Br)cc1. The molecule has 1 aliphatic heterocycles. The summed E-state index contributed by atoms with van der Waals surface area (Å²) in [6.45, 7) is 0.991. The number of hydrogen-bond acceptors (Lipinski definition) is 1. The summed E-state index contributed by atoms with van der Waals surface area (Å²) in [5, 5.41) is 3.83. The van der Waals surface area contributed by atoms with Gasteiger partial charge >= 0.3 is 0 Å². The molecule has 0 atom stereocenters. The summed E-state index contributed by atoms with van der Waals surface area (Å²) in [5.74, 6) is 1.11. The second-order valence-corrected chi connectivity index (χ2v) is 5.67. The first-order valence-corrected chi connectivity index (χ1v) is 7.33. The van der Waals surface area contributed by atoms with Crippen LogP contribution in [0.1, 0.15) is 25.7 Å². The van der Waals surface area contributed by atoms with Crippen LogP contribution in [0.2, 0.25) is 0 Å². The predicted octanol–water partition coefficient (Wildman–Crippen LogP) is 2.90. The van der Waals surface area contributed by atoms with E-state index in [1.165, 1.54) is 19.3 Å². The van der Waals surface area contributed by atoms with E-state index in [9.17, 15) is 0 Å². The second-order valence-electron chi connectivity index (χ2n) is 4.33. The lowest BCUT2D eigenvalue weighted by Crippen LogP contribution is -2.36. The van der Waals surface area contributed by atoms with Crippen molar-refractivity contribution in [1.82, 2.24) is 5.32 Å². The first-order valence-electron chi connectivity index (χ1n) is 6.13. The Bertz CT molecular complexity index is 458. The topological polar surface area (TPSA) is 41.1 Å². The van der Waals surface area contributed by atoms with Crippen LogP contribution in [0.4, 0.5) is 5.69 Å². The van der Waals surface area contributed by atoms with E-state index >= 15 is 0 Å². The molecular weight excluding hydrogens is 310 g/mol. The van der Waals surface area contributed by atoms with Crippen molar-refractivity contribution < 1.29 is 4.58 Å². The molecule has 2 rings (SSSR count). The molecule has 0 bridgehead atoms. The summed E-state index contributed by atoms with van der Waals surface area (Å²) >= 11 is 8.62. The standard InChI is InChI=1S/C13H16BrN3S/c14-10-5-7-11(8-6-10)17(13(15)18)12-4-2-1-3-9-16-12/h5-8H,1-4,9H2,(H2,15,18)/p+1. The Morgan fingerprint density at radius 2 is 1.94 bits per heavy atom. The molecule has 1 saturated heterocycles. The highest BCUT2D eigenvalue weighted by molar-refractivity contribution is 9.10. The van der Waals surface area contributed by atoms with Crippen LogP contribution < -0.4 is 11.1 Å². The molecule has 0 radical (unpaired) electrons. The minimum absolute atomic E-state index is 0.390. The van der Waals surface area contributed by atoms with Crippen molar-refractivity contribution >= 4 is 44.8 Å². The van der Waals surface area contributed by atoms with E-state index in [-0.39, 0.29) is 0 Å². The van der Waals surface area contributed by atoms with Crippen molar-refractivity contribution in [3.05, 3.63) is 28.7 Å². The molecule has 0 spiro atoms. The second kappa shape index (κ2) is 6.29. The maximum Gasteiger partial charge on any atom is 0.292 e. The molecule has 1 aromatic rings. The Hall–Kier alpha value is -0.940. The molecule has 0 amide bonds. The van der Waals surface area contributed by atoms with E-state index in [4.69, 9.17) is 18.0 Å². The van der Waals surface area contributed by atoms with E-state index in [1.54, 1.807) is 0 Å². The van der Waals surface area contributed by atoms with Gasteiger partial charge in [0.15, 0.2) is 0 Å². The van der Waals surface area contributed by atoms with Crippen LogP contribution in [-0.2, 0) is 0 Å². The van der Waals surface area contributed by atoms with Crippen LogP contribution in [-0.4, -0.2) is 22.1 Å². The summed E-state index contributed by atoms with van der Waals surface area (Å²) < 4.78 is 2.99. The molecule has 0 aliphatic carbocycles. The first-order chi connectivity index (χ1) is 8.68. The average molecular weight is 327 g/mol. The van der Waals surface area contributed by atoms with Gasteiger partial charge in [0.2, 0.25) is 5.84 Å². The van der Waals surface area contributed by atoms with E-state index < -0.39 is 0 Å². The molecule has 0 saturated carbocycles. The van der Waals surface area contributed by atoms with E-state index in [1.807, 2.05) is 28.8 Å². The monoisotopic (exact) mass is 326 g/mol. The summed E-state index contributed by atoms with van der Waals surface area (Å²) in [7, 11) is 0. The van der Waals surface area contributed by atoms with Gasteiger partial charge in [0, 0.05) is 10.9 Å². The molecular formula is C13H17BrN3S+. The number of rotatable bonds is 1. The lowest BCUT2D eigenvalue weighted by atomic mass is 10.2. The fourth-order valence-electron chi connectivity index (χ4n) is 2.11. The molecule has 18 heavy (non-hydrogen) atoms. The minimum atomic E-state index is 0.390. The normalized spacial score (nSPS) is 18.7. The molecule has 96 valence electrons. The van der Waals surface area contributed by atoms with Gasteiger partial charge < -0.3 is 11.1 Å². The van der Waals surface area contributed by atoms with Gasteiger partial charge in [-0.15, -0.1) is 0 Å². The molecule has 1 fully saturated rings. The Kier molecular flexibility index (Phi) is 4.72. The Morgan fingerprint density at radius 3 is 2.61 bits per heavy atom. The lowest BCUT2D eigenvalue weighted by Gasteiger charge is -2.11. The molecule has 3 nitrogen and oxygen atoms in total. The largest absolute Gasteiger partial charge is 0.309 e. The van der Waals surface area contributed by atoms with Crippen molar-refractivity contribution in [2.24, 2.45) is 5.73 Å². The molecule has 1 aromatic carbocycles. The van der Waals surface area contributed by atoms with Crippen LogP contribution in [0.3, 0.4) is 0 Å². The third-order valence-electron chi connectivity index (χ3n) is 2.99. The Balaban J connectivity index is 2.40. The smallest absolute Gasteiger partial charge is 0.292 e. The van der Waals surface area contributed by atoms with Crippen molar-refractivity contribution in [1.29, 1.82) is 0 Å². The summed E-state index contributed by atoms with van der Waals surface area (Å²) in [6, 6.07) is 8.03. The number of thiocarbonyl (C=S) groups is 1. The Morgan fingerprint density at radius 1 is 1.22 bits per heavy atom. The van der Waals surface area contributed by atoms with Crippen molar-refractivity contribution in [2.45, 2.75) is 25.7 Å². The third-order valence-corrected chi connectivity index (χ3v) is 3.71. The lowest BCUT2D eigenvalue weighted by molar-refractivity contribution is -0.308. The summed E-state index contributed by atoms with van der Waals surface area (Å²) in [5.41, 5.74) is 6.88. The zero-order valence-corrected chi connectivity index (χ0v) is 12.6. The molecule has 0 aromatic heterocycles. The van der Waals surface area contributed by atoms with E-state index in [2.05, 4.69) is 21.2 Å². The van der Waals surface area contributed by atoms with E-state index in [0.717, 1.165) is 29.0 Å². The molecule has 3 N–H and O–H groups in total. The fraction of sp³-hybridized carbons (Fsp3) is 0.385. The summed E-state index contributed by atoms with van der Waals surface area (Å²) in [6.07, 6.45) is 4.63. The number of hydrogen-bond donors (Lipinski definition) is 2. The minimum Gasteiger partial charge on any atom is -0.309 e. The highest BCUT2D eigenvalue weighted by Crippen LogP contribution is 2.18. The average Bonchev–Trinajstić information content (AvgIpc) is 2.60. The number of halogens is 1. The number of nitrogens with two attached hydrogens (primary N) is 1. The van der Waals surface area contributed by atoms with Gasteiger partial charge in [0.1, 0.15) is 5.69 Å². The van der Waals surface area contributed by atoms with Gasteiger partial charge in [-0.05, 0) is 55.7 Å². The van der Waals surface area contributed by atoms with Gasteiger partial charge in [0.05, 0.1) is 6.54 Å². The number of nitrogens with zero attached hydrogens (tertiary/aromatic N) is 1. The van der Waals surface area contributed by atoms with Gasteiger partial charge in [-0.1, -0.05) is 15.9 Å². The van der Waals surface area contributed by atoms with Crippen molar-refractivity contribution in [3.63, 3.8) is 0 Å². The van der Waals surface area contributed by atoms with Gasteiger partial charge in [-0.2, -0.15) is 4.58 Å². The zero-order valence-electron chi connectivity index (χ0n) is 10.2. The number of benzene rings is 1. The van der Waals surface area contributed by atoms with Gasteiger partial charge in [-0.25, -0.2) is 0 Å². The van der Waals surface area contributed by atoms with Crippen LogP contribution >= 0.6 is 28.1 Å². The van der Waals surface area contributed by atoms with Crippen LogP contribution in [0.15, 0.2) is 28.7 Å². The van der Waals surface area contributed by atoms with Crippen LogP contribution in [0.25, 0.3) is 0 Å². The van der Waals surface area contributed by atoms with Crippen LogP contribution in [0.5, 0.6) is 0 Å². The molecule has 0 unspecified atom stereocenters. The van der Waals surface area contributed by atoms with Crippen LogP contribution in [0, 0.1) is 0 Å². The first kappa shape index (κ1) is 13.5. The van der Waals surface area contributed by atoms with Gasteiger partial charge in [-0.3, -0.25) is 0 Å². The Labute approximate surface area is 121 Å². The molecule has 1 heterocycles. The highest BCUT2D eigenvalue weighted by Gasteiger charge is 2.17. The van der Waals surface area contributed by atoms with Crippen molar-refractivity contribution in [2.75, 3.05) is 6.54 Å². The fourth-order valence-corrected chi connectivity index (χ4v) is 2.59. The quantitative estimate of drug-likeness (QED) is 0.616. The number of nitrogens with one attached hydrogen (secondary N) is 1. The summed E-state index contributed by atoms with van der Waals surface area (Å²) in [4.78, 5) is 0. The third kappa shape index (κ3) is 3.29. The van der Waals surface area contributed by atoms with Gasteiger partial charge in [0.25, 0.3) is 5.11 Å². The maximum atomic E-state index is 5.87. The van der Waals surface area contributed by atoms with E-state index in [0.29, 0.717) is 5.11 Å². The van der Waals surface area contributed by atoms with Crippen molar-refractivity contribution in [3.8, 4) is 0 Å². The number of amidine groups is 1. The zero-order chi connectivity index (χ0) is 13.0. The molecule has 5 heteroatoms.